The fourth-order valence-corrected chi connectivity index (χ4v) is 2.50. The molecular formula is C18H19N5O. The molecule has 0 aliphatic heterocycles. The number of carbonyl (C=O) groups is 1. The lowest BCUT2D eigenvalue weighted by molar-refractivity contribution is 0.0945. The van der Waals surface area contributed by atoms with E-state index in [0.717, 1.165) is 5.56 Å². The zero-order valence-corrected chi connectivity index (χ0v) is 13.7. The number of benzene rings is 1. The van der Waals surface area contributed by atoms with Crippen LogP contribution in [0.4, 0.5) is 0 Å². The fourth-order valence-electron chi connectivity index (χ4n) is 2.50. The molecule has 0 radical (unpaired) electrons. The Hall–Kier alpha value is -3.02. The maximum Gasteiger partial charge on any atom is 0.253 e. The molecule has 3 rings (SSSR count). The first kappa shape index (κ1) is 15.9. The number of carbonyl (C=O) groups excluding carboxylic acids is 1. The molecule has 0 aliphatic rings. The van der Waals surface area contributed by atoms with Crippen molar-refractivity contribution in [2.24, 2.45) is 0 Å². The van der Waals surface area contributed by atoms with Crippen LogP contribution < -0.4 is 5.32 Å². The molecule has 0 saturated carbocycles. The summed E-state index contributed by atoms with van der Waals surface area (Å²) in [6.07, 6.45) is 6.83. The summed E-state index contributed by atoms with van der Waals surface area (Å²) in [7, 11) is 0. The van der Waals surface area contributed by atoms with Crippen LogP contribution in [0.25, 0.3) is 5.69 Å². The van der Waals surface area contributed by atoms with Crippen molar-refractivity contribution in [2.75, 3.05) is 6.54 Å². The summed E-state index contributed by atoms with van der Waals surface area (Å²) in [5.74, 6) is -0.136. The zero-order valence-electron chi connectivity index (χ0n) is 13.7. The molecule has 0 aliphatic carbocycles. The molecule has 1 N–H and O–H groups in total. The summed E-state index contributed by atoms with van der Waals surface area (Å²) in [6, 6.07) is 11.3. The molecular weight excluding hydrogens is 302 g/mol. The number of nitrogens with zero attached hydrogens (tertiary/aromatic N) is 4. The van der Waals surface area contributed by atoms with Gasteiger partial charge in [-0.3, -0.25) is 9.78 Å². The molecule has 6 nitrogen and oxygen atoms in total. The lowest BCUT2D eigenvalue weighted by Gasteiger charge is -2.25. The lowest BCUT2D eigenvalue weighted by atomic mass is 9.85. The van der Waals surface area contributed by atoms with Gasteiger partial charge >= 0.3 is 0 Å². The first-order valence-corrected chi connectivity index (χ1v) is 7.72. The SMILES string of the molecule is CC(C)(CNC(=O)c1ccccc1-n1ccnn1)c1ccncc1. The van der Waals surface area contributed by atoms with Crippen molar-refractivity contribution in [3.05, 3.63) is 72.3 Å². The topological polar surface area (TPSA) is 72.7 Å². The van der Waals surface area contributed by atoms with E-state index in [4.69, 9.17) is 0 Å². The van der Waals surface area contributed by atoms with E-state index in [1.807, 2.05) is 30.3 Å². The molecule has 6 heteroatoms. The Morgan fingerprint density at radius 1 is 1.12 bits per heavy atom. The highest BCUT2D eigenvalue weighted by atomic mass is 16.1. The quantitative estimate of drug-likeness (QED) is 0.783. The Balaban J connectivity index is 1.77. The second-order valence-corrected chi connectivity index (χ2v) is 6.17. The van der Waals surface area contributed by atoms with E-state index in [9.17, 15) is 4.79 Å². The summed E-state index contributed by atoms with van der Waals surface area (Å²) < 4.78 is 1.59. The minimum absolute atomic E-state index is 0.136. The van der Waals surface area contributed by atoms with Gasteiger partial charge in [-0.05, 0) is 29.8 Å². The van der Waals surface area contributed by atoms with Crippen LogP contribution >= 0.6 is 0 Å². The average Bonchev–Trinajstić information content (AvgIpc) is 3.15. The van der Waals surface area contributed by atoms with E-state index in [1.54, 1.807) is 35.5 Å². The number of para-hydroxylation sites is 1. The Labute approximate surface area is 140 Å². The number of aromatic nitrogens is 4. The van der Waals surface area contributed by atoms with Gasteiger partial charge in [0, 0.05) is 24.4 Å². The summed E-state index contributed by atoms with van der Waals surface area (Å²) in [4.78, 5) is 16.7. The van der Waals surface area contributed by atoms with Crippen LogP contribution in [0, 0.1) is 0 Å². The second kappa shape index (κ2) is 6.62. The standard InChI is InChI=1S/C18H19N5O/c1-18(2,14-7-9-19-10-8-14)13-20-17(24)15-5-3-4-6-16(15)23-12-11-21-22-23/h3-12H,13H2,1-2H3,(H,20,24). The number of rotatable bonds is 5. The van der Waals surface area contributed by atoms with Gasteiger partial charge in [-0.2, -0.15) is 0 Å². The molecule has 0 unspecified atom stereocenters. The molecule has 0 bridgehead atoms. The number of nitrogens with one attached hydrogen (secondary N) is 1. The monoisotopic (exact) mass is 321 g/mol. The van der Waals surface area contributed by atoms with Crippen molar-refractivity contribution in [2.45, 2.75) is 19.3 Å². The van der Waals surface area contributed by atoms with Gasteiger partial charge < -0.3 is 5.32 Å². The number of pyridine rings is 1. The predicted octanol–water partition coefficient (Wildman–Crippen LogP) is 2.37. The third-order valence-electron chi connectivity index (χ3n) is 3.97. The molecule has 1 aromatic carbocycles. The van der Waals surface area contributed by atoms with E-state index < -0.39 is 0 Å². The van der Waals surface area contributed by atoms with Crippen molar-refractivity contribution in [3.63, 3.8) is 0 Å². The van der Waals surface area contributed by atoms with Crippen LogP contribution in [0.3, 0.4) is 0 Å². The maximum absolute atomic E-state index is 12.7. The summed E-state index contributed by atoms with van der Waals surface area (Å²) in [6.45, 7) is 4.69. The Kier molecular flexibility index (Phi) is 4.37. The highest BCUT2D eigenvalue weighted by Gasteiger charge is 2.22. The summed E-state index contributed by atoms with van der Waals surface area (Å²) in [5.41, 5.74) is 2.20. The molecule has 24 heavy (non-hydrogen) atoms. The van der Waals surface area contributed by atoms with Gasteiger partial charge in [-0.15, -0.1) is 5.10 Å². The second-order valence-electron chi connectivity index (χ2n) is 6.17. The van der Waals surface area contributed by atoms with E-state index >= 15 is 0 Å². The first-order valence-electron chi connectivity index (χ1n) is 7.72. The van der Waals surface area contributed by atoms with Crippen LogP contribution in [0.1, 0.15) is 29.8 Å². The van der Waals surface area contributed by atoms with Crippen molar-refractivity contribution in [1.82, 2.24) is 25.3 Å². The van der Waals surface area contributed by atoms with Gasteiger partial charge in [-0.1, -0.05) is 31.2 Å². The zero-order chi connectivity index (χ0) is 17.0. The lowest BCUT2D eigenvalue weighted by Crippen LogP contribution is -2.37. The van der Waals surface area contributed by atoms with Gasteiger partial charge in [0.2, 0.25) is 0 Å². The molecule has 2 heterocycles. The van der Waals surface area contributed by atoms with Crippen molar-refractivity contribution in [1.29, 1.82) is 0 Å². The van der Waals surface area contributed by atoms with E-state index in [2.05, 4.69) is 34.5 Å². The minimum Gasteiger partial charge on any atom is -0.351 e. The van der Waals surface area contributed by atoms with Gasteiger partial charge in [0.15, 0.2) is 0 Å². The maximum atomic E-state index is 12.7. The number of hydrogen-bond donors (Lipinski definition) is 1. The van der Waals surface area contributed by atoms with Gasteiger partial charge in [-0.25, -0.2) is 4.68 Å². The minimum atomic E-state index is -0.194. The fraction of sp³-hybridized carbons (Fsp3) is 0.222. The molecule has 0 spiro atoms. The Bertz CT molecular complexity index is 812. The number of amides is 1. The van der Waals surface area contributed by atoms with Crippen LogP contribution in [0.5, 0.6) is 0 Å². The van der Waals surface area contributed by atoms with Gasteiger partial charge in [0.05, 0.1) is 23.6 Å². The average molecular weight is 321 g/mol. The summed E-state index contributed by atoms with van der Waals surface area (Å²) >= 11 is 0. The van der Waals surface area contributed by atoms with Gasteiger partial charge in [0.1, 0.15) is 0 Å². The van der Waals surface area contributed by atoms with Crippen LogP contribution in [0.15, 0.2) is 61.2 Å². The van der Waals surface area contributed by atoms with Crippen LogP contribution in [0.2, 0.25) is 0 Å². The highest BCUT2D eigenvalue weighted by Crippen LogP contribution is 2.21. The molecule has 1 amide bonds. The van der Waals surface area contributed by atoms with E-state index in [-0.39, 0.29) is 11.3 Å². The molecule has 0 saturated heterocycles. The van der Waals surface area contributed by atoms with Crippen molar-refractivity contribution in [3.8, 4) is 5.69 Å². The van der Waals surface area contributed by atoms with E-state index in [1.165, 1.54) is 0 Å². The Morgan fingerprint density at radius 2 is 1.88 bits per heavy atom. The molecule has 2 aromatic heterocycles. The summed E-state index contributed by atoms with van der Waals surface area (Å²) in [5, 5.41) is 10.8. The molecule has 3 aromatic rings. The van der Waals surface area contributed by atoms with Crippen molar-refractivity contribution >= 4 is 5.91 Å². The van der Waals surface area contributed by atoms with Crippen LogP contribution in [-0.2, 0) is 5.41 Å². The normalized spacial score (nSPS) is 11.2. The predicted molar refractivity (Wildman–Crippen MR) is 91.0 cm³/mol. The van der Waals surface area contributed by atoms with Crippen molar-refractivity contribution < 1.29 is 4.79 Å². The third-order valence-corrected chi connectivity index (χ3v) is 3.97. The molecule has 0 atom stereocenters. The van der Waals surface area contributed by atoms with Gasteiger partial charge in [0.25, 0.3) is 5.91 Å². The Morgan fingerprint density at radius 3 is 2.58 bits per heavy atom. The molecule has 0 fully saturated rings. The van der Waals surface area contributed by atoms with E-state index in [0.29, 0.717) is 17.8 Å². The number of hydrogen-bond acceptors (Lipinski definition) is 4. The first-order chi connectivity index (χ1) is 11.6. The molecule has 122 valence electrons. The largest absolute Gasteiger partial charge is 0.351 e. The van der Waals surface area contributed by atoms with Crippen LogP contribution in [-0.4, -0.2) is 32.4 Å². The smallest absolute Gasteiger partial charge is 0.253 e. The third kappa shape index (κ3) is 3.32. The highest BCUT2D eigenvalue weighted by molar-refractivity contribution is 5.97.